The number of rotatable bonds is 8. The summed E-state index contributed by atoms with van der Waals surface area (Å²) in [6.07, 6.45) is 1.92. The number of hydrogen-bond acceptors (Lipinski definition) is 3. The van der Waals surface area contributed by atoms with Crippen LogP contribution in [0.15, 0.2) is 60.7 Å². The highest BCUT2D eigenvalue weighted by Gasteiger charge is 2.29. The molecule has 30 heavy (non-hydrogen) atoms. The van der Waals surface area contributed by atoms with Gasteiger partial charge in [-0.3, -0.25) is 9.59 Å². The van der Waals surface area contributed by atoms with E-state index in [0.29, 0.717) is 17.0 Å². The zero-order chi connectivity index (χ0) is 21.1. The van der Waals surface area contributed by atoms with E-state index < -0.39 is 0 Å². The minimum absolute atomic E-state index is 0.0460. The number of anilines is 1. The summed E-state index contributed by atoms with van der Waals surface area (Å²) in [5.74, 6) is 0.696. The van der Waals surface area contributed by atoms with E-state index in [2.05, 4.69) is 22.0 Å². The van der Waals surface area contributed by atoms with Crippen LogP contribution < -0.4 is 10.1 Å². The molecular formula is C25H26N2O3. The molecule has 0 saturated heterocycles. The first-order valence-electron chi connectivity index (χ1n) is 10.3. The average molecular weight is 402 g/mol. The number of carbonyl (C=O) groups is 2. The van der Waals surface area contributed by atoms with Crippen LogP contribution in [0.1, 0.15) is 40.2 Å². The first-order valence-corrected chi connectivity index (χ1v) is 10.3. The molecular weight excluding hydrogens is 376 g/mol. The Bertz CT molecular complexity index is 1070. The van der Waals surface area contributed by atoms with Gasteiger partial charge in [0.2, 0.25) is 11.7 Å². The van der Waals surface area contributed by atoms with Gasteiger partial charge in [-0.15, -0.1) is 0 Å². The Morgan fingerprint density at radius 2 is 1.80 bits per heavy atom. The molecule has 0 aliphatic heterocycles. The van der Waals surface area contributed by atoms with Gasteiger partial charge in [0.05, 0.1) is 0 Å². The van der Waals surface area contributed by atoms with Gasteiger partial charge in [0.1, 0.15) is 5.75 Å². The number of ketones is 1. The molecule has 5 heteroatoms. The molecule has 5 nitrogen and oxygen atoms in total. The van der Waals surface area contributed by atoms with Crippen LogP contribution in [0.3, 0.4) is 0 Å². The van der Waals surface area contributed by atoms with Gasteiger partial charge in [-0.25, -0.2) is 0 Å². The highest BCUT2D eigenvalue weighted by molar-refractivity contribution is 5.98. The van der Waals surface area contributed by atoms with Gasteiger partial charge in [-0.1, -0.05) is 36.4 Å². The van der Waals surface area contributed by atoms with Crippen molar-refractivity contribution >= 4 is 17.4 Å². The van der Waals surface area contributed by atoms with Crippen LogP contribution in [-0.2, 0) is 11.3 Å². The topological polar surface area (TPSA) is 60.3 Å². The number of aryl methyl sites for hydroxylation is 1. The lowest BCUT2D eigenvalue weighted by atomic mass is 10.1. The van der Waals surface area contributed by atoms with Crippen LogP contribution in [0.5, 0.6) is 5.75 Å². The minimum Gasteiger partial charge on any atom is -0.485 e. The summed E-state index contributed by atoms with van der Waals surface area (Å²) in [5.41, 5.74) is 4.55. The predicted octanol–water partition coefficient (Wildman–Crippen LogP) is 4.76. The van der Waals surface area contributed by atoms with Crippen LogP contribution in [-0.4, -0.2) is 22.9 Å². The third-order valence-corrected chi connectivity index (χ3v) is 5.48. The second-order valence-electron chi connectivity index (χ2n) is 7.86. The molecule has 1 N–H and O–H groups in total. The summed E-state index contributed by atoms with van der Waals surface area (Å²) in [4.78, 5) is 24.7. The summed E-state index contributed by atoms with van der Waals surface area (Å²) in [6.45, 7) is 4.67. The SMILES string of the molecule is Cc1cc(C(=O)COc2cccc(NC(=O)C3CC3)c2)c(C)n1Cc1ccccc1. The predicted molar refractivity (Wildman–Crippen MR) is 117 cm³/mol. The largest absolute Gasteiger partial charge is 0.485 e. The molecule has 0 spiro atoms. The van der Waals surface area contributed by atoms with Crippen molar-refractivity contribution in [1.82, 2.24) is 4.57 Å². The highest BCUT2D eigenvalue weighted by atomic mass is 16.5. The second-order valence-corrected chi connectivity index (χ2v) is 7.86. The fraction of sp³-hybridized carbons (Fsp3) is 0.280. The quantitative estimate of drug-likeness (QED) is 0.553. The molecule has 1 aliphatic rings. The lowest BCUT2D eigenvalue weighted by Gasteiger charge is -2.11. The maximum atomic E-state index is 12.8. The number of Topliss-reactive ketones (excluding diaryl/α,β-unsaturated/α-hetero) is 1. The van der Waals surface area contributed by atoms with Gasteiger partial charge in [-0.2, -0.15) is 0 Å². The van der Waals surface area contributed by atoms with Crippen molar-refractivity contribution in [2.75, 3.05) is 11.9 Å². The molecule has 1 amide bonds. The molecule has 2 aromatic carbocycles. The van der Waals surface area contributed by atoms with E-state index in [4.69, 9.17) is 4.74 Å². The molecule has 0 unspecified atom stereocenters. The van der Waals surface area contributed by atoms with Crippen molar-refractivity contribution in [3.63, 3.8) is 0 Å². The third-order valence-electron chi connectivity index (χ3n) is 5.48. The Kier molecular flexibility index (Phi) is 5.70. The lowest BCUT2D eigenvalue weighted by molar-refractivity contribution is -0.117. The molecule has 1 heterocycles. The third kappa shape index (κ3) is 4.62. The zero-order valence-corrected chi connectivity index (χ0v) is 17.4. The molecule has 0 atom stereocenters. The molecule has 154 valence electrons. The first-order chi connectivity index (χ1) is 14.5. The van der Waals surface area contributed by atoms with E-state index in [-0.39, 0.29) is 24.2 Å². The van der Waals surface area contributed by atoms with Crippen LogP contribution >= 0.6 is 0 Å². The van der Waals surface area contributed by atoms with Crippen molar-refractivity contribution in [3.05, 3.63) is 83.2 Å². The van der Waals surface area contributed by atoms with Crippen molar-refractivity contribution in [2.24, 2.45) is 5.92 Å². The minimum atomic E-state index is -0.0603. The number of amides is 1. The molecule has 1 aliphatic carbocycles. The Morgan fingerprint density at radius 1 is 1.03 bits per heavy atom. The van der Waals surface area contributed by atoms with Gasteiger partial charge >= 0.3 is 0 Å². The summed E-state index contributed by atoms with van der Waals surface area (Å²) in [7, 11) is 0. The summed E-state index contributed by atoms with van der Waals surface area (Å²) in [6, 6.07) is 19.3. The van der Waals surface area contributed by atoms with Crippen LogP contribution in [0.25, 0.3) is 0 Å². The van der Waals surface area contributed by atoms with E-state index in [1.54, 1.807) is 12.1 Å². The summed E-state index contributed by atoms with van der Waals surface area (Å²) in [5, 5.41) is 2.90. The highest BCUT2D eigenvalue weighted by Crippen LogP contribution is 2.30. The lowest BCUT2D eigenvalue weighted by Crippen LogP contribution is -2.14. The fourth-order valence-corrected chi connectivity index (χ4v) is 3.57. The van der Waals surface area contributed by atoms with Crippen molar-refractivity contribution in [3.8, 4) is 5.75 Å². The van der Waals surface area contributed by atoms with E-state index >= 15 is 0 Å². The average Bonchev–Trinajstić information content (AvgIpc) is 3.56. The number of nitrogens with zero attached hydrogens (tertiary/aromatic N) is 1. The maximum Gasteiger partial charge on any atom is 0.227 e. The molecule has 4 rings (SSSR count). The van der Waals surface area contributed by atoms with E-state index in [0.717, 1.165) is 30.8 Å². The monoisotopic (exact) mass is 402 g/mol. The van der Waals surface area contributed by atoms with Gasteiger partial charge < -0.3 is 14.6 Å². The molecule has 3 aromatic rings. The molecule has 0 bridgehead atoms. The van der Waals surface area contributed by atoms with E-state index in [9.17, 15) is 9.59 Å². The molecule has 0 radical (unpaired) electrons. The van der Waals surface area contributed by atoms with E-state index in [1.165, 1.54) is 5.56 Å². The normalized spacial score (nSPS) is 13.1. The molecule has 1 fully saturated rings. The van der Waals surface area contributed by atoms with Crippen molar-refractivity contribution in [1.29, 1.82) is 0 Å². The molecule has 1 saturated carbocycles. The van der Waals surface area contributed by atoms with Gasteiger partial charge in [0.15, 0.2) is 6.61 Å². The van der Waals surface area contributed by atoms with Gasteiger partial charge in [0, 0.05) is 41.2 Å². The Labute approximate surface area is 176 Å². The van der Waals surface area contributed by atoms with Crippen LogP contribution in [0.2, 0.25) is 0 Å². The zero-order valence-electron chi connectivity index (χ0n) is 17.4. The van der Waals surface area contributed by atoms with Gasteiger partial charge in [0.25, 0.3) is 0 Å². The number of ether oxygens (including phenoxy) is 1. The Morgan fingerprint density at radius 3 is 2.53 bits per heavy atom. The summed E-state index contributed by atoms with van der Waals surface area (Å²) >= 11 is 0. The van der Waals surface area contributed by atoms with Crippen molar-refractivity contribution < 1.29 is 14.3 Å². The standard InChI is InChI=1S/C25H26N2O3/c1-17-13-23(18(2)27(17)15-19-7-4-3-5-8-19)24(28)16-30-22-10-6-9-21(14-22)26-25(29)20-11-12-20/h3-10,13-14,20H,11-12,15-16H2,1-2H3,(H,26,29). The Balaban J connectivity index is 1.41. The fourth-order valence-electron chi connectivity index (χ4n) is 3.57. The number of hydrogen-bond donors (Lipinski definition) is 1. The number of aromatic nitrogens is 1. The van der Waals surface area contributed by atoms with Crippen LogP contribution in [0, 0.1) is 19.8 Å². The molecule has 1 aromatic heterocycles. The van der Waals surface area contributed by atoms with Crippen molar-refractivity contribution in [2.45, 2.75) is 33.2 Å². The first kappa shape index (κ1) is 20.0. The van der Waals surface area contributed by atoms with Crippen LogP contribution in [0.4, 0.5) is 5.69 Å². The van der Waals surface area contributed by atoms with Gasteiger partial charge in [-0.05, 0) is 50.5 Å². The number of carbonyl (C=O) groups excluding carboxylic acids is 2. The number of nitrogens with one attached hydrogen (secondary N) is 1. The Hall–Kier alpha value is -3.34. The number of benzene rings is 2. The van der Waals surface area contributed by atoms with E-state index in [1.807, 2.05) is 50.2 Å². The smallest absolute Gasteiger partial charge is 0.227 e. The summed E-state index contributed by atoms with van der Waals surface area (Å²) < 4.78 is 7.88. The second kappa shape index (κ2) is 8.57. The maximum absolute atomic E-state index is 12.8.